The molecule has 33 heavy (non-hydrogen) atoms. The number of fused-ring (bicyclic) bond motifs is 1. The van der Waals surface area contributed by atoms with Gasteiger partial charge in [0.1, 0.15) is 11.5 Å². The van der Waals surface area contributed by atoms with Crippen molar-refractivity contribution in [1.29, 1.82) is 0 Å². The summed E-state index contributed by atoms with van der Waals surface area (Å²) in [6, 6.07) is 7.17. The number of anilines is 1. The number of aliphatic carboxylic acids is 1. The average Bonchev–Trinajstić information content (AvgIpc) is 2.71. The Morgan fingerprint density at radius 1 is 1.24 bits per heavy atom. The lowest BCUT2D eigenvalue weighted by Gasteiger charge is -2.36. The van der Waals surface area contributed by atoms with E-state index in [1.54, 1.807) is 30.9 Å². The van der Waals surface area contributed by atoms with E-state index in [4.69, 9.17) is 9.84 Å². The zero-order valence-electron chi connectivity index (χ0n) is 18.6. The molecule has 0 aliphatic carbocycles. The van der Waals surface area contributed by atoms with Crippen LogP contribution >= 0.6 is 0 Å². The molecule has 6 nitrogen and oxygen atoms in total. The molecule has 176 valence electrons. The summed E-state index contributed by atoms with van der Waals surface area (Å²) in [5.41, 5.74) is 1.93. The highest BCUT2D eigenvalue weighted by atomic mass is 19.4. The van der Waals surface area contributed by atoms with Gasteiger partial charge in [-0.25, -0.2) is 4.79 Å². The first-order valence-electron chi connectivity index (χ1n) is 10.3. The molecule has 1 aliphatic rings. The highest BCUT2D eigenvalue weighted by Gasteiger charge is 2.37. The molecule has 0 spiro atoms. The summed E-state index contributed by atoms with van der Waals surface area (Å²) in [6.07, 6.45) is -3.42. The smallest absolute Gasteiger partial charge is 0.478 e. The predicted octanol–water partition coefficient (Wildman–Crippen LogP) is 5.43. The largest absolute Gasteiger partial charge is 0.573 e. The molecule has 0 aromatic heterocycles. The molecule has 0 saturated heterocycles. The first-order valence-corrected chi connectivity index (χ1v) is 10.3. The van der Waals surface area contributed by atoms with Crippen LogP contribution in [0.2, 0.25) is 0 Å². The number of carbonyl (C=O) groups excluding carboxylic acids is 1. The van der Waals surface area contributed by atoms with Gasteiger partial charge in [0.15, 0.2) is 6.10 Å². The lowest BCUT2D eigenvalue weighted by Crippen LogP contribution is -2.48. The summed E-state index contributed by atoms with van der Waals surface area (Å²) >= 11 is 0. The van der Waals surface area contributed by atoms with Gasteiger partial charge in [-0.1, -0.05) is 19.9 Å². The maximum absolute atomic E-state index is 13.1. The molecule has 2 aromatic carbocycles. The fourth-order valence-corrected chi connectivity index (χ4v) is 3.72. The first kappa shape index (κ1) is 24.2. The van der Waals surface area contributed by atoms with Crippen LogP contribution in [0.5, 0.6) is 11.5 Å². The third kappa shape index (κ3) is 5.30. The van der Waals surface area contributed by atoms with E-state index in [1.807, 2.05) is 13.8 Å². The number of halogens is 3. The molecule has 1 amide bonds. The molecule has 1 atom stereocenters. The Hall–Kier alpha value is -3.49. The van der Waals surface area contributed by atoms with Gasteiger partial charge < -0.3 is 19.5 Å². The molecule has 9 heteroatoms. The number of nitrogens with zero attached hydrogens (tertiary/aromatic N) is 1. The van der Waals surface area contributed by atoms with Crippen molar-refractivity contribution >= 4 is 23.6 Å². The molecule has 0 saturated carbocycles. The van der Waals surface area contributed by atoms with Crippen molar-refractivity contribution in [2.24, 2.45) is 5.92 Å². The Bertz CT molecular complexity index is 1110. The lowest BCUT2D eigenvalue weighted by atomic mass is 9.95. The molecule has 2 aromatic rings. The van der Waals surface area contributed by atoms with Crippen molar-refractivity contribution in [1.82, 2.24) is 0 Å². The number of likely N-dealkylation sites (N-methyl/N-ethyl adjacent to an activating group) is 1. The average molecular weight is 463 g/mol. The number of benzene rings is 2. The number of carboxylic acid groups (broad SMARTS) is 1. The van der Waals surface area contributed by atoms with Gasteiger partial charge in [-0.3, -0.25) is 4.79 Å². The Labute approximate surface area is 189 Å². The summed E-state index contributed by atoms with van der Waals surface area (Å²) < 4.78 is 49.4. The highest BCUT2D eigenvalue weighted by molar-refractivity contribution is 6.01. The second-order valence-corrected chi connectivity index (χ2v) is 7.97. The van der Waals surface area contributed by atoms with Crippen LogP contribution in [0.15, 0.2) is 36.4 Å². The minimum absolute atomic E-state index is 0.0656. The van der Waals surface area contributed by atoms with Crippen molar-refractivity contribution < 1.29 is 37.3 Å². The Kier molecular flexibility index (Phi) is 6.71. The zero-order valence-corrected chi connectivity index (χ0v) is 18.6. The van der Waals surface area contributed by atoms with Crippen molar-refractivity contribution in [2.75, 3.05) is 11.4 Å². The zero-order chi connectivity index (χ0) is 24.5. The fraction of sp³-hybridized carbons (Fsp3) is 0.333. The number of rotatable bonds is 6. The maximum Gasteiger partial charge on any atom is 0.573 e. The van der Waals surface area contributed by atoms with Gasteiger partial charge in [-0.05, 0) is 66.8 Å². The normalized spacial score (nSPS) is 16.2. The standard InChI is InChI=1S/C24H24F3NO5/c1-5-28-18-12-16(14(4)10-20(18)32-22(13(2)3)23(28)31)17-11-15(7-9-21(29)30)6-8-19(17)33-24(25,26)27/h6-13,22H,5H2,1-4H3,(H,29,30)/b9-7+. The molecule has 0 bridgehead atoms. The van der Waals surface area contributed by atoms with Crippen LogP contribution in [0.3, 0.4) is 0 Å². The summed E-state index contributed by atoms with van der Waals surface area (Å²) in [5, 5.41) is 8.88. The van der Waals surface area contributed by atoms with Crippen LogP contribution in [-0.4, -0.2) is 36.0 Å². The molecule has 1 N–H and O–H groups in total. The Balaban J connectivity index is 2.19. The van der Waals surface area contributed by atoms with Gasteiger partial charge in [-0.2, -0.15) is 0 Å². The van der Waals surface area contributed by atoms with E-state index in [-0.39, 0.29) is 17.4 Å². The first-order chi connectivity index (χ1) is 15.4. The van der Waals surface area contributed by atoms with E-state index in [9.17, 15) is 22.8 Å². The maximum atomic E-state index is 13.1. The number of aryl methyl sites for hydroxylation is 1. The van der Waals surface area contributed by atoms with Crippen LogP contribution in [-0.2, 0) is 9.59 Å². The summed E-state index contributed by atoms with van der Waals surface area (Å²) in [5.74, 6) is -1.45. The topological polar surface area (TPSA) is 76.1 Å². The summed E-state index contributed by atoms with van der Waals surface area (Å²) in [6.45, 7) is 7.62. The number of hydrogen-bond acceptors (Lipinski definition) is 4. The molecule has 0 radical (unpaired) electrons. The second kappa shape index (κ2) is 9.17. The van der Waals surface area contributed by atoms with Crippen LogP contribution in [0.25, 0.3) is 17.2 Å². The third-order valence-electron chi connectivity index (χ3n) is 5.22. The van der Waals surface area contributed by atoms with Crippen LogP contribution < -0.4 is 14.4 Å². The van der Waals surface area contributed by atoms with Crippen LogP contribution in [0.1, 0.15) is 31.9 Å². The molecular formula is C24H24F3NO5. The predicted molar refractivity (Wildman–Crippen MR) is 117 cm³/mol. The highest BCUT2D eigenvalue weighted by Crippen LogP contribution is 2.43. The van der Waals surface area contributed by atoms with E-state index in [2.05, 4.69) is 4.74 Å². The monoisotopic (exact) mass is 463 g/mol. The number of ether oxygens (including phenoxy) is 2. The number of carboxylic acids is 1. The van der Waals surface area contributed by atoms with Gasteiger partial charge in [0.05, 0.1) is 5.69 Å². The van der Waals surface area contributed by atoms with Crippen molar-refractivity contribution in [3.63, 3.8) is 0 Å². The molecule has 1 unspecified atom stereocenters. The molecule has 3 rings (SSSR count). The van der Waals surface area contributed by atoms with Crippen molar-refractivity contribution in [3.05, 3.63) is 47.5 Å². The molecule has 0 fully saturated rings. The number of amides is 1. The molecule has 1 aliphatic heterocycles. The summed E-state index contributed by atoms with van der Waals surface area (Å²) in [4.78, 5) is 25.3. The van der Waals surface area contributed by atoms with Gasteiger partial charge >= 0.3 is 12.3 Å². The van der Waals surface area contributed by atoms with E-state index < -0.39 is 24.2 Å². The Morgan fingerprint density at radius 2 is 1.94 bits per heavy atom. The van der Waals surface area contributed by atoms with Crippen LogP contribution in [0.4, 0.5) is 18.9 Å². The Morgan fingerprint density at radius 3 is 2.52 bits per heavy atom. The van der Waals surface area contributed by atoms with E-state index >= 15 is 0 Å². The van der Waals surface area contributed by atoms with Crippen molar-refractivity contribution in [2.45, 2.75) is 40.2 Å². The van der Waals surface area contributed by atoms with Gasteiger partial charge in [0.25, 0.3) is 5.91 Å². The second-order valence-electron chi connectivity index (χ2n) is 7.97. The SMILES string of the molecule is CCN1C(=O)C(C(C)C)Oc2cc(C)c(-c3cc(/C=C/C(=O)O)ccc3OC(F)(F)F)cc21. The lowest BCUT2D eigenvalue weighted by molar-refractivity contribution is -0.274. The minimum atomic E-state index is -4.92. The van der Waals surface area contributed by atoms with Crippen LogP contribution in [0, 0.1) is 12.8 Å². The number of alkyl halides is 3. The fourth-order valence-electron chi connectivity index (χ4n) is 3.72. The molecular weight excluding hydrogens is 439 g/mol. The number of hydrogen-bond donors (Lipinski definition) is 1. The van der Waals surface area contributed by atoms with Gasteiger partial charge in [0.2, 0.25) is 0 Å². The van der Waals surface area contributed by atoms with Gasteiger partial charge in [0, 0.05) is 18.2 Å². The number of carbonyl (C=O) groups is 2. The quantitative estimate of drug-likeness (QED) is 0.579. The molecule has 1 heterocycles. The van der Waals surface area contributed by atoms with E-state index in [0.717, 1.165) is 12.1 Å². The third-order valence-corrected chi connectivity index (χ3v) is 5.22. The van der Waals surface area contributed by atoms with Gasteiger partial charge in [-0.15, -0.1) is 13.2 Å². The van der Waals surface area contributed by atoms with E-state index in [1.165, 1.54) is 18.2 Å². The van der Waals surface area contributed by atoms with E-state index in [0.29, 0.717) is 34.7 Å². The minimum Gasteiger partial charge on any atom is -0.478 e. The summed E-state index contributed by atoms with van der Waals surface area (Å²) in [7, 11) is 0. The van der Waals surface area contributed by atoms with Crippen molar-refractivity contribution in [3.8, 4) is 22.6 Å².